The largest absolute Gasteiger partial charge is 0.365 e. The molecule has 1 aliphatic rings. The summed E-state index contributed by atoms with van der Waals surface area (Å²) < 4.78 is 2.11. The van der Waals surface area contributed by atoms with E-state index in [2.05, 4.69) is 36.9 Å². The van der Waals surface area contributed by atoms with Crippen molar-refractivity contribution in [2.75, 3.05) is 18.4 Å². The Labute approximate surface area is 146 Å². The maximum absolute atomic E-state index is 4.79. The molecule has 7 heteroatoms. The number of nitrogens with one attached hydrogen (secondary N) is 2. The summed E-state index contributed by atoms with van der Waals surface area (Å²) in [6.07, 6.45) is 5.89. The van der Waals surface area contributed by atoms with Gasteiger partial charge in [-0.2, -0.15) is 0 Å². The molecule has 0 aliphatic carbocycles. The molecule has 1 saturated heterocycles. The molecule has 0 aromatic carbocycles. The van der Waals surface area contributed by atoms with Crippen LogP contribution >= 0.6 is 27.3 Å². The van der Waals surface area contributed by atoms with Crippen molar-refractivity contribution in [2.45, 2.75) is 18.9 Å². The number of thiophene rings is 1. The number of nitrogens with zero attached hydrogens (tertiary/aromatic N) is 3. The molecule has 0 unspecified atom stereocenters. The molecule has 3 aromatic heterocycles. The molecule has 0 radical (unpaired) electrons. The summed E-state index contributed by atoms with van der Waals surface area (Å²) in [5.41, 5.74) is 1.94. The lowest BCUT2D eigenvalue weighted by Gasteiger charge is -2.24. The minimum atomic E-state index is 0.410. The average Bonchev–Trinajstić information content (AvgIpc) is 2.98. The Balaban J connectivity index is 1.78. The summed E-state index contributed by atoms with van der Waals surface area (Å²) in [5.74, 6) is 1.65. The van der Waals surface area contributed by atoms with Gasteiger partial charge in [0.1, 0.15) is 11.3 Å². The second kappa shape index (κ2) is 6.51. The predicted octanol–water partition coefficient (Wildman–Crippen LogP) is 3.68. The first-order valence-electron chi connectivity index (χ1n) is 7.63. The third-order valence-corrected chi connectivity index (χ3v) is 5.83. The predicted molar refractivity (Wildman–Crippen MR) is 97.9 cm³/mol. The van der Waals surface area contributed by atoms with Gasteiger partial charge in [0, 0.05) is 35.9 Å². The number of fused-ring (bicyclic) bond motifs is 1. The van der Waals surface area contributed by atoms with Gasteiger partial charge in [0.2, 0.25) is 0 Å². The number of anilines is 1. The number of rotatable bonds is 3. The third-order valence-electron chi connectivity index (χ3n) is 3.95. The standard InChI is InChI=1S/C16H16BrN5S/c17-12-9-23-14-13(12)21-15(10-3-6-18-7-4-10)22-16(14)20-11-2-1-5-19-8-11/h3-4,6-7,9,11,19H,1-2,5,8H2,(H,20,21,22)/t11-/m1/s1. The van der Waals surface area contributed by atoms with Gasteiger partial charge < -0.3 is 10.6 Å². The number of pyridine rings is 1. The van der Waals surface area contributed by atoms with E-state index in [1.165, 1.54) is 6.42 Å². The molecule has 3 aromatic rings. The highest BCUT2D eigenvalue weighted by molar-refractivity contribution is 9.10. The van der Waals surface area contributed by atoms with Gasteiger partial charge in [-0.25, -0.2) is 9.97 Å². The first kappa shape index (κ1) is 15.0. The van der Waals surface area contributed by atoms with Crippen molar-refractivity contribution < 1.29 is 0 Å². The Hall–Kier alpha value is -1.57. The van der Waals surface area contributed by atoms with Crippen molar-refractivity contribution in [3.63, 3.8) is 0 Å². The highest BCUT2D eigenvalue weighted by Gasteiger charge is 2.18. The SMILES string of the molecule is Brc1csc2c(N[C@@H]3CCCNC3)nc(-c3ccncc3)nc12. The van der Waals surface area contributed by atoms with Crippen molar-refractivity contribution in [3.05, 3.63) is 34.4 Å². The normalized spacial score (nSPS) is 18.2. The Morgan fingerprint density at radius 1 is 1.26 bits per heavy atom. The molecule has 118 valence electrons. The summed E-state index contributed by atoms with van der Waals surface area (Å²) in [4.78, 5) is 13.6. The van der Waals surface area contributed by atoms with E-state index in [0.717, 1.165) is 51.4 Å². The topological polar surface area (TPSA) is 62.7 Å². The Bertz CT molecular complexity index is 814. The monoisotopic (exact) mass is 389 g/mol. The highest BCUT2D eigenvalue weighted by atomic mass is 79.9. The first-order chi connectivity index (χ1) is 11.3. The summed E-state index contributed by atoms with van der Waals surface area (Å²) in [5, 5.41) is 9.11. The fraction of sp³-hybridized carbons (Fsp3) is 0.312. The Kier molecular flexibility index (Phi) is 4.24. The molecule has 5 nitrogen and oxygen atoms in total. The lowest BCUT2D eigenvalue weighted by molar-refractivity contribution is 0.479. The third kappa shape index (κ3) is 3.08. The van der Waals surface area contributed by atoms with E-state index in [4.69, 9.17) is 9.97 Å². The lowest BCUT2D eigenvalue weighted by atomic mass is 10.1. The van der Waals surface area contributed by atoms with E-state index in [0.29, 0.717) is 6.04 Å². The number of aromatic nitrogens is 3. The van der Waals surface area contributed by atoms with Crippen LogP contribution in [-0.2, 0) is 0 Å². The average molecular weight is 390 g/mol. The molecule has 4 rings (SSSR count). The van der Waals surface area contributed by atoms with Crippen molar-refractivity contribution in [3.8, 4) is 11.4 Å². The smallest absolute Gasteiger partial charge is 0.162 e. The zero-order chi connectivity index (χ0) is 15.6. The van der Waals surface area contributed by atoms with Crippen molar-refractivity contribution >= 4 is 43.3 Å². The maximum atomic E-state index is 4.79. The molecule has 0 spiro atoms. The Morgan fingerprint density at radius 2 is 2.13 bits per heavy atom. The molecule has 1 atom stereocenters. The van der Waals surface area contributed by atoms with Crippen LogP contribution in [0.5, 0.6) is 0 Å². The Morgan fingerprint density at radius 3 is 2.91 bits per heavy atom. The van der Waals surface area contributed by atoms with Gasteiger partial charge in [-0.15, -0.1) is 11.3 Å². The van der Waals surface area contributed by atoms with Crippen molar-refractivity contribution in [2.24, 2.45) is 0 Å². The fourth-order valence-electron chi connectivity index (χ4n) is 2.79. The van der Waals surface area contributed by atoms with Gasteiger partial charge in [-0.1, -0.05) is 0 Å². The van der Waals surface area contributed by atoms with Crippen molar-refractivity contribution in [1.82, 2.24) is 20.3 Å². The number of hydrogen-bond acceptors (Lipinski definition) is 6. The summed E-state index contributed by atoms with van der Waals surface area (Å²) in [7, 11) is 0. The number of piperidine rings is 1. The second-order valence-corrected chi connectivity index (χ2v) is 7.31. The molecule has 0 saturated carbocycles. The zero-order valence-corrected chi connectivity index (χ0v) is 14.8. The molecule has 23 heavy (non-hydrogen) atoms. The van der Waals surface area contributed by atoms with Crippen LogP contribution in [-0.4, -0.2) is 34.1 Å². The maximum Gasteiger partial charge on any atom is 0.162 e. The van der Waals surface area contributed by atoms with Gasteiger partial charge in [-0.3, -0.25) is 4.98 Å². The lowest BCUT2D eigenvalue weighted by Crippen LogP contribution is -2.38. The fourth-order valence-corrected chi connectivity index (χ4v) is 4.30. The first-order valence-corrected chi connectivity index (χ1v) is 9.31. The second-order valence-electron chi connectivity index (χ2n) is 5.58. The molecule has 1 fully saturated rings. The molecule has 2 N–H and O–H groups in total. The molecule has 0 bridgehead atoms. The molecular weight excluding hydrogens is 374 g/mol. The van der Waals surface area contributed by atoms with E-state index in [1.54, 1.807) is 23.7 Å². The van der Waals surface area contributed by atoms with Crippen molar-refractivity contribution in [1.29, 1.82) is 0 Å². The van der Waals surface area contributed by atoms with Gasteiger partial charge in [0.15, 0.2) is 5.82 Å². The summed E-state index contributed by atoms with van der Waals surface area (Å²) in [6, 6.07) is 4.29. The van der Waals surface area contributed by atoms with Crippen LogP contribution in [0.3, 0.4) is 0 Å². The molecular formula is C16H16BrN5S. The van der Waals surface area contributed by atoms with Gasteiger partial charge in [0.05, 0.1) is 9.17 Å². The van der Waals surface area contributed by atoms with E-state index in [9.17, 15) is 0 Å². The molecule has 4 heterocycles. The molecule has 0 amide bonds. The van der Waals surface area contributed by atoms with E-state index < -0.39 is 0 Å². The van der Waals surface area contributed by atoms with Crippen LogP contribution in [0.4, 0.5) is 5.82 Å². The van der Waals surface area contributed by atoms with Crippen LogP contribution in [0.2, 0.25) is 0 Å². The minimum Gasteiger partial charge on any atom is -0.365 e. The van der Waals surface area contributed by atoms with Crippen LogP contribution in [0.15, 0.2) is 34.4 Å². The number of halogens is 1. The summed E-state index contributed by atoms with van der Waals surface area (Å²) in [6.45, 7) is 2.08. The van der Waals surface area contributed by atoms with Crippen LogP contribution in [0.1, 0.15) is 12.8 Å². The van der Waals surface area contributed by atoms with E-state index >= 15 is 0 Å². The van der Waals surface area contributed by atoms with Gasteiger partial charge >= 0.3 is 0 Å². The van der Waals surface area contributed by atoms with E-state index in [-0.39, 0.29) is 0 Å². The summed E-state index contributed by atoms with van der Waals surface area (Å²) >= 11 is 5.27. The van der Waals surface area contributed by atoms with Crippen LogP contribution in [0.25, 0.3) is 21.6 Å². The van der Waals surface area contributed by atoms with Crippen LogP contribution < -0.4 is 10.6 Å². The van der Waals surface area contributed by atoms with E-state index in [1.807, 2.05) is 12.1 Å². The zero-order valence-electron chi connectivity index (χ0n) is 12.4. The van der Waals surface area contributed by atoms with Gasteiger partial charge in [-0.05, 0) is 47.4 Å². The number of hydrogen-bond donors (Lipinski definition) is 2. The molecule has 1 aliphatic heterocycles. The minimum absolute atomic E-state index is 0.410. The highest BCUT2D eigenvalue weighted by Crippen LogP contribution is 2.35. The quantitative estimate of drug-likeness (QED) is 0.715. The van der Waals surface area contributed by atoms with Gasteiger partial charge in [0.25, 0.3) is 0 Å². The van der Waals surface area contributed by atoms with Crippen LogP contribution in [0, 0.1) is 0 Å².